The molecule has 0 radical (unpaired) electrons. The molecule has 8 nitrogen and oxygen atoms in total. The maximum absolute atomic E-state index is 12.5. The van der Waals surface area contributed by atoms with Gasteiger partial charge in [-0.25, -0.2) is 0 Å². The Kier molecular flexibility index (Phi) is 7.83. The molecule has 1 aliphatic heterocycles. The van der Waals surface area contributed by atoms with Crippen LogP contribution in [0, 0.1) is 16.0 Å². The highest BCUT2D eigenvalue weighted by Gasteiger charge is 2.21. The van der Waals surface area contributed by atoms with E-state index in [2.05, 4.69) is 15.1 Å². The Balaban J connectivity index is 1.48. The Morgan fingerprint density at radius 2 is 1.86 bits per heavy atom. The zero-order valence-corrected chi connectivity index (χ0v) is 17.3. The molecule has 1 N–H and O–H groups in total. The van der Waals surface area contributed by atoms with Crippen molar-refractivity contribution in [1.82, 2.24) is 9.80 Å². The Hall–Kier alpha value is -2.19. The van der Waals surface area contributed by atoms with Crippen molar-refractivity contribution in [2.45, 2.75) is 38.5 Å². The number of amides is 1. The predicted molar refractivity (Wildman–Crippen MR) is 112 cm³/mol. The van der Waals surface area contributed by atoms with Gasteiger partial charge in [0, 0.05) is 25.7 Å². The van der Waals surface area contributed by atoms with Gasteiger partial charge in [0.15, 0.2) is 0 Å². The summed E-state index contributed by atoms with van der Waals surface area (Å²) in [6.45, 7) is 5.41. The monoisotopic (exact) mass is 404 g/mol. The van der Waals surface area contributed by atoms with Crippen molar-refractivity contribution < 1.29 is 14.5 Å². The second kappa shape index (κ2) is 10.5. The third kappa shape index (κ3) is 6.40. The summed E-state index contributed by atoms with van der Waals surface area (Å²) in [5.74, 6) is 1.01. The maximum Gasteiger partial charge on any atom is 0.273 e. The van der Waals surface area contributed by atoms with Crippen molar-refractivity contribution in [3.63, 3.8) is 0 Å². The van der Waals surface area contributed by atoms with Crippen LogP contribution in [0.4, 0.5) is 11.4 Å². The molecule has 29 heavy (non-hydrogen) atoms. The molecule has 8 heteroatoms. The Bertz CT molecular complexity index is 706. The molecule has 3 rings (SSSR count). The number of benzene rings is 1. The van der Waals surface area contributed by atoms with E-state index in [0.717, 1.165) is 38.5 Å². The number of non-ortho nitro benzene ring substituents is 1. The molecule has 0 unspecified atom stereocenters. The fraction of sp³-hybridized carbons (Fsp3) is 0.667. The molecular formula is C21H32N4O4. The van der Waals surface area contributed by atoms with E-state index < -0.39 is 4.92 Å². The van der Waals surface area contributed by atoms with Crippen molar-refractivity contribution >= 4 is 17.3 Å². The summed E-state index contributed by atoms with van der Waals surface area (Å²) < 4.78 is 5.19. The first-order chi connectivity index (χ1) is 14.0. The molecular weight excluding hydrogens is 372 g/mol. The average molecular weight is 405 g/mol. The lowest BCUT2D eigenvalue weighted by Crippen LogP contribution is -2.37. The number of hydrogen-bond acceptors (Lipinski definition) is 6. The summed E-state index contributed by atoms with van der Waals surface area (Å²) in [7, 11) is 1.43. The van der Waals surface area contributed by atoms with Crippen molar-refractivity contribution in [3.05, 3.63) is 28.3 Å². The first-order valence-electron chi connectivity index (χ1n) is 10.6. The van der Waals surface area contributed by atoms with Crippen molar-refractivity contribution in [3.8, 4) is 5.75 Å². The smallest absolute Gasteiger partial charge is 0.273 e. The quantitative estimate of drug-likeness (QED) is 0.555. The lowest BCUT2D eigenvalue weighted by molar-refractivity contribution is -0.384. The van der Waals surface area contributed by atoms with E-state index in [4.69, 9.17) is 4.74 Å². The number of nitrogens with one attached hydrogen (secondary N) is 1. The lowest BCUT2D eigenvalue weighted by atomic mass is 9.89. The summed E-state index contributed by atoms with van der Waals surface area (Å²) in [6, 6.07) is 4.21. The van der Waals surface area contributed by atoms with E-state index in [9.17, 15) is 14.9 Å². The summed E-state index contributed by atoms with van der Waals surface area (Å²) in [5.41, 5.74) is 0.391. The second-order valence-corrected chi connectivity index (χ2v) is 8.12. The molecule has 1 aliphatic carbocycles. The summed E-state index contributed by atoms with van der Waals surface area (Å²) >= 11 is 0. The number of ether oxygens (including phenoxy) is 1. The van der Waals surface area contributed by atoms with Gasteiger partial charge in [-0.05, 0) is 44.3 Å². The topological polar surface area (TPSA) is 87.9 Å². The van der Waals surface area contributed by atoms with Gasteiger partial charge in [0.1, 0.15) is 5.75 Å². The van der Waals surface area contributed by atoms with E-state index in [1.807, 2.05) is 0 Å². The fourth-order valence-electron chi connectivity index (χ4n) is 4.39. The summed E-state index contributed by atoms with van der Waals surface area (Å²) in [6.07, 6.45) is 7.92. The number of nitro benzene ring substituents is 1. The minimum absolute atomic E-state index is 0.0644. The predicted octanol–water partition coefficient (Wildman–Crippen LogP) is 3.13. The van der Waals surface area contributed by atoms with Crippen LogP contribution in [0.3, 0.4) is 0 Å². The fourth-order valence-corrected chi connectivity index (χ4v) is 4.39. The van der Waals surface area contributed by atoms with Gasteiger partial charge in [0.05, 0.1) is 30.3 Å². The van der Waals surface area contributed by atoms with Gasteiger partial charge in [-0.2, -0.15) is 0 Å². The van der Waals surface area contributed by atoms with Crippen molar-refractivity contribution in [1.29, 1.82) is 0 Å². The Morgan fingerprint density at radius 3 is 2.59 bits per heavy atom. The molecule has 2 aliphatic rings. The van der Waals surface area contributed by atoms with Crippen LogP contribution in [-0.4, -0.2) is 67.0 Å². The summed E-state index contributed by atoms with van der Waals surface area (Å²) in [5, 5.41) is 13.7. The van der Waals surface area contributed by atoms with Crippen LogP contribution < -0.4 is 10.1 Å². The Labute approximate surface area is 172 Å². The van der Waals surface area contributed by atoms with E-state index in [1.165, 1.54) is 64.0 Å². The van der Waals surface area contributed by atoms with E-state index in [-0.39, 0.29) is 11.6 Å². The maximum atomic E-state index is 12.5. The molecule has 1 aromatic rings. The highest BCUT2D eigenvalue weighted by atomic mass is 16.6. The molecule has 1 amide bonds. The van der Waals surface area contributed by atoms with E-state index in [0.29, 0.717) is 18.0 Å². The van der Waals surface area contributed by atoms with Gasteiger partial charge < -0.3 is 15.0 Å². The van der Waals surface area contributed by atoms with Gasteiger partial charge in [0.2, 0.25) is 5.91 Å². The number of hydrogen-bond donors (Lipinski definition) is 1. The van der Waals surface area contributed by atoms with Crippen molar-refractivity contribution in [2.75, 3.05) is 51.7 Å². The van der Waals surface area contributed by atoms with Crippen LogP contribution >= 0.6 is 0 Å². The number of carbonyl (C=O) groups is 1. The molecule has 160 valence electrons. The minimum atomic E-state index is -0.482. The second-order valence-electron chi connectivity index (χ2n) is 8.12. The number of methoxy groups -OCH3 is 1. The van der Waals surface area contributed by atoms with Gasteiger partial charge in [-0.3, -0.25) is 19.8 Å². The lowest BCUT2D eigenvalue weighted by Gasteiger charge is -2.28. The molecule has 0 bridgehead atoms. The molecule has 0 atom stereocenters. The van der Waals surface area contributed by atoms with Gasteiger partial charge in [0.25, 0.3) is 5.69 Å². The zero-order valence-electron chi connectivity index (χ0n) is 17.3. The van der Waals surface area contributed by atoms with Crippen LogP contribution in [0.25, 0.3) is 0 Å². The molecule has 1 aromatic carbocycles. The van der Waals surface area contributed by atoms with Crippen LogP contribution in [-0.2, 0) is 4.79 Å². The highest BCUT2D eigenvalue weighted by Crippen LogP contribution is 2.29. The first-order valence-corrected chi connectivity index (χ1v) is 10.6. The van der Waals surface area contributed by atoms with Crippen LogP contribution in [0.5, 0.6) is 5.75 Å². The normalized spacial score (nSPS) is 19.5. The average Bonchev–Trinajstić information content (AvgIpc) is 2.94. The first kappa shape index (κ1) is 21.5. The number of nitro groups is 1. The number of rotatable bonds is 7. The molecule has 1 saturated carbocycles. The largest absolute Gasteiger partial charge is 0.494 e. The zero-order chi connectivity index (χ0) is 20.6. The van der Waals surface area contributed by atoms with Crippen LogP contribution in [0.2, 0.25) is 0 Å². The molecule has 1 saturated heterocycles. The molecule has 2 fully saturated rings. The van der Waals surface area contributed by atoms with Crippen LogP contribution in [0.1, 0.15) is 38.5 Å². The third-order valence-corrected chi connectivity index (χ3v) is 5.96. The van der Waals surface area contributed by atoms with Crippen LogP contribution in [0.15, 0.2) is 18.2 Å². The van der Waals surface area contributed by atoms with E-state index in [1.54, 1.807) is 0 Å². The highest BCUT2D eigenvalue weighted by molar-refractivity contribution is 5.93. The molecule has 0 aromatic heterocycles. The van der Waals surface area contributed by atoms with E-state index >= 15 is 0 Å². The van der Waals surface area contributed by atoms with Gasteiger partial charge in [-0.15, -0.1) is 0 Å². The minimum Gasteiger partial charge on any atom is -0.494 e. The standard InChI is InChI=1S/C21H32N4O4/c1-29-20-14-18(25(27)28)8-9-19(20)22-21(26)16-24-11-5-10-23(12-13-24)15-17-6-3-2-4-7-17/h8-9,14,17H,2-7,10-13,15-16H2,1H3,(H,22,26). The molecule has 1 heterocycles. The number of carbonyl (C=O) groups excluding carboxylic acids is 1. The van der Waals surface area contributed by atoms with Gasteiger partial charge >= 0.3 is 0 Å². The Morgan fingerprint density at radius 1 is 1.14 bits per heavy atom. The van der Waals surface area contributed by atoms with Crippen molar-refractivity contribution in [2.24, 2.45) is 5.92 Å². The summed E-state index contributed by atoms with van der Waals surface area (Å²) in [4.78, 5) is 27.7. The SMILES string of the molecule is COc1cc([N+](=O)[O-])ccc1NC(=O)CN1CCCN(CC2CCCCC2)CC1. The third-order valence-electron chi connectivity index (χ3n) is 5.96. The van der Waals surface area contributed by atoms with Gasteiger partial charge in [-0.1, -0.05) is 19.3 Å². The number of nitrogens with zero attached hydrogens (tertiary/aromatic N) is 3. The molecule has 0 spiro atoms. The number of anilines is 1.